The summed E-state index contributed by atoms with van der Waals surface area (Å²) in [7, 11) is 0. The first-order valence-corrected chi connectivity index (χ1v) is 7.97. The molecule has 2 aromatic rings. The summed E-state index contributed by atoms with van der Waals surface area (Å²) in [5.74, 6) is 0. The molecular weight excluding hydrogens is 240 g/mol. The van der Waals surface area contributed by atoms with Gasteiger partial charge < -0.3 is 0 Å². The molecule has 0 heteroatoms. The molecule has 0 radical (unpaired) electrons. The van der Waals surface area contributed by atoms with Crippen molar-refractivity contribution in [2.75, 3.05) is 0 Å². The van der Waals surface area contributed by atoms with Crippen LogP contribution in [0.3, 0.4) is 0 Å². The maximum absolute atomic E-state index is 2.29. The Labute approximate surface area is 123 Å². The highest BCUT2D eigenvalue weighted by Crippen LogP contribution is 2.12. The van der Waals surface area contributed by atoms with Crippen LogP contribution in [0, 0.1) is 0 Å². The Bertz CT molecular complexity index is 441. The third kappa shape index (κ3) is 4.52. The topological polar surface area (TPSA) is 0 Å². The van der Waals surface area contributed by atoms with Gasteiger partial charge in [-0.15, -0.1) is 0 Å². The SMILES string of the molecule is CCCc1ccc(CCc2ccc(CCC)cc2)cc1. The van der Waals surface area contributed by atoms with E-state index in [1.54, 1.807) is 0 Å². The lowest BCUT2D eigenvalue weighted by Gasteiger charge is -2.05. The summed E-state index contributed by atoms with van der Waals surface area (Å²) < 4.78 is 0. The number of rotatable bonds is 7. The van der Waals surface area contributed by atoms with Gasteiger partial charge >= 0.3 is 0 Å². The molecule has 20 heavy (non-hydrogen) atoms. The normalized spacial score (nSPS) is 10.7. The molecule has 0 saturated carbocycles. The maximum Gasteiger partial charge on any atom is -0.0238 e. The minimum absolute atomic E-state index is 1.14. The van der Waals surface area contributed by atoms with Crippen molar-refractivity contribution in [3.05, 3.63) is 70.8 Å². The molecule has 106 valence electrons. The van der Waals surface area contributed by atoms with Crippen molar-refractivity contribution in [1.82, 2.24) is 0 Å². The first-order valence-electron chi connectivity index (χ1n) is 7.97. The van der Waals surface area contributed by atoms with Crippen LogP contribution >= 0.6 is 0 Å². The van der Waals surface area contributed by atoms with Gasteiger partial charge in [0.15, 0.2) is 0 Å². The molecular formula is C20H26. The zero-order chi connectivity index (χ0) is 14.2. The summed E-state index contributed by atoms with van der Waals surface area (Å²) in [6, 6.07) is 18.3. The van der Waals surface area contributed by atoms with Gasteiger partial charge in [0.2, 0.25) is 0 Å². The molecule has 0 aliphatic rings. The Morgan fingerprint density at radius 3 is 0.950 bits per heavy atom. The minimum atomic E-state index is 1.14. The molecule has 0 aliphatic carbocycles. The molecule has 2 rings (SSSR count). The summed E-state index contributed by atoms with van der Waals surface area (Å²) in [5.41, 5.74) is 5.81. The van der Waals surface area contributed by atoms with Crippen molar-refractivity contribution in [1.29, 1.82) is 0 Å². The fourth-order valence-corrected chi connectivity index (χ4v) is 2.61. The number of aryl methyl sites for hydroxylation is 4. The quantitative estimate of drug-likeness (QED) is 0.631. The van der Waals surface area contributed by atoms with E-state index in [9.17, 15) is 0 Å². The first kappa shape index (κ1) is 14.8. The zero-order valence-electron chi connectivity index (χ0n) is 12.9. The summed E-state index contributed by atoms with van der Waals surface area (Å²) >= 11 is 0. The average Bonchev–Trinajstić information content (AvgIpc) is 2.49. The molecule has 2 aromatic carbocycles. The zero-order valence-corrected chi connectivity index (χ0v) is 12.9. The monoisotopic (exact) mass is 266 g/mol. The molecule has 0 unspecified atom stereocenters. The third-order valence-corrected chi connectivity index (χ3v) is 3.83. The fourth-order valence-electron chi connectivity index (χ4n) is 2.61. The predicted octanol–water partition coefficient (Wildman–Crippen LogP) is 5.38. The van der Waals surface area contributed by atoms with Gasteiger partial charge in [-0.3, -0.25) is 0 Å². The lowest BCUT2D eigenvalue weighted by Crippen LogP contribution is -1.93. The first-order chi connectivity index (χ1) is 9.81. The van der Waals surface area contributed by atoms with Gasteiger partial charge in [-0.25, -0.2) is 0 Å². The Hall–Kier alpha value is -1.56. The highest BCUT2D eigenvalue weighted by molar-refractivity contribution is 5.26. The smallest absolute Gasteiger partial charge is 0.0238 e. The Balaban J connectivity index is 1.87. The molecule has 0 bridgehead atoms. The molecule has 0 atom stereocenters. The van der Waals surface area contributed by atoms with E-state index in [0.29, 0.717) is 0 Å². The van der Waals surface area contributed by atoms with Crippen LogP contribution in [-0.4, -0.2) is 0 Å². The average molecular weight is 266 g/mol. The molecule has 0 amide bonds. The molecule has 0 nitrogen and oxygen atoms in total. The van der Waals surface area contributed by atoms with Gasteiger partial charge in [-0.2, -0.15) is 0 Å². The van der Waals surface area contributed by atoms with E-state index in [-0.39, 0.29) is 0 Å². The molecule has 0 aromatic heterocycles. The van der Waals surface area contributed by atoms with Gasteiger partial charge in [-0.1, -0.05) is 75.2 Å². The standard InChI is InChI=1S/C20H26/c1-3-5-17-7-11-19(12-8-17)15-16-20-13-9-18(6-4-2)10-14-20/h7-14H,3-6,15-16H2,1-2H3. The van der Waals surface area contributed by atoms with Crippen LogP contribution in [0.2, 0.25) is 0 Å². The second kappa shape index (κ2) is 7.89. The van der Waals surface area contributed by atoms with Gasteiger partial charge in [0.1, 0.15) is 0 Å². The number of benzene rings is 2. The van der Waals surface area contributed by atoms with E-state index >= 15 is 0 Å². The Morgan fingerprint density at radius 2 is 0.700 bits per heavy atom. The van der Waals surface area contributed by atoms with E-state index in [1.165, 1.54) is 47.9 Å². The van der Waals surface area contributed by atoms with Crippen molar-refractivity contribution >= 4 is 0 Å². The largest absolute Gasteiger partial charge is 0.0651 e. The van der Waals surface area contributed by atoms with Crippen LogP contribution in [0.25, 0.3) is 0 Å². The van der Waals surface area contributed by atoms with E-state index in [0.717, 1.165) is 12.8 Å². The molecule has 0 spiro atoms. The highest BCUT2D eigenvalue weighted by Gasteiger charge is 1.98. The van der Waals surface area contributed by atoms with Crippen molar-refractivity contribution < 1.29 is 0 Å². The second-order valence-corrected chi connectivity index (χ2v) is 5.63. The maximum atomic E-state index is 2.29. The molecule has 0 fully saturated rings. The summed E-state index contributed by atoms with van der Waals surface area (Å²) in [4.78, 5) is 0. The minimum Gasteiger partial charge on any atom is -0.0651 e. The van der Waals surface area contributed by atoms with Gasteiger partial charge in [0, 0.05) is 0 Å². The summed E-state index contributed by atoms with van der Waals surface area (Å²) in [6.07, 6.45) is 7.12. The second-order valence-electron chi connectivity index (χ2n) is 5.63. The molecule has 0 aliphatic heterocycles. The van der Waals surface area contributed by atoms with Crippen LogP contribution in [-0.2, 0) is 25.7 Å². The third-order valence-electron chi connectivity index (χ3n) is 3.83. The summed E-state index contributed by atoms with van der Waals surface area (Å²) in [5, 5.41) is 0. The predicted molar refractivity (Wildman–Crippen MR) is 88.3 cm³/mol. The molecule has 0 heterocycles. The highest BCUT2D eigenvalue weighted by atomic mass is 14.0. The van der Waals surface area contributed by atoms with E-state index in [4.69, 9.17) is 0 Å². The van der Waals surface area contributed by atoms with Crippen molar-refractivity contribution in [3.8, 4) is 0 Å². The van der Waals surface area contributed by atoms with Crippen molar-refractivity contribution in [3.63, 3.8) is 0 Å². The summed E-state index contributed by atoms with van der Waals surface area (Å²) in [6.45, 7) is 4.46. The molecule has 0 saturated heterocycles. The number of hydrogen-bond acceptors (Lipinski definition) is 0. The van der Waals surface area contributed by atoms with E-state index in [2.05, 4.69) is 62.4 Å². The van der Waals surface area contributed by atoms with Crippen LogP contribution in [0.4, 0.5) is 0 Å². The van der Waals surface area contributed by atoms with Crippen LogP contribution in [0.5, 0.6) is 0 Å². The van der Waals surface area contributed by atoms with Gasteiger partial charge in [0.05, 0.1) is 0 Å². The van der Waals surface area contributed by atoms with Crippen LogP contribution in [0.15, 0.2) is 48.5 Å². The van der Waals surface area contributed by atoms with Crippen LogP contribution < -0.4 is 0 Å². The Morgan fingerprint density at radius 1 is 0.450 bits per heavy atom. The van der Waals surface area contributed by atoms with Crippen molar-refractivity contribution in [2.24, 2.45) is 0 Å². The van der Waals surface area contributed by atoms with Gasteiger partial charge in [0.25, 0.3) is 0 Å². The van der Waals surface area contributed by atoms with E-state index in [1.807, 2.05) is 0 Å². The van der Waals surface area contributed by atoms with E-state index < -0.39 is 0 Å². The Kier molecular flexibility index (Phi) is 5.86. The molecule has 0 N–H and O–H groups in total. The van der Waals surface area contributed by atoms with Crippen LogP contribution in [0.1, 0.15) is 48.9 Å². The van der Waals surface area contributed by atoms with Gasteiger partial charge in [-0.05, 0) is 47.9 Å². The lowest BCUT2D eigenvalue weighted by atomic mass is 10.0. The number of hydrogen-bond donors (Lipinski definition) is 0. The van der Waals surface area contributed by atoms with Crippen molar-refractivity contribution in [2.45, 2.75) is 52.4 Å². The lowest BCUT2D eigenvalue weighted by molar-refractivity contribution is 0.909. The fraction of sp³-hybridized carbons (Fsp3) is 0.400.